The molecule has 1 fully saturated rings. The van der Waals surface area contributed by atoms with Crippen LogP contribution in [0.15, 0.2) is 54.6 Å². The van der Waals surface area contributed by atoms with Crippen molar-refractivity contribution in [2.24, 2.45) is 0 Å². The molecule has 0 bridgehead atoms. The summed E-state index contributed by atoms with van der Waals surface area (Å²) in [5, 5.41) is 3.23. The third-order valence-corrected chi connectivity index (χ3v) is 5.09. The monoisotopic (exact) mass is 354 g/mol. The highest BCUT2D eigenvalue weighted by atomic mass is 19.1. The molecule has 1 N–H and O–H groups in total. The van der Waals surface area contributed by atoms with Crippen molar-refractivity contribution in [3.05, 3.63) is 77.4 Å². The summed E-state index contributed by atoms with van der Waals surface area (Å²) in [7, 11) is 0. The van der Waals surface area contributed by atoms with Crippen LogP contribution >= 0.6 is 0 Å². The number of nitrogens with one attached hydrogen (secondary N) is 1. The van der Waals surface area contributed by atoms with E-state index in [-0.39, 0.29) is 30.1 Å². The van der Waals surface area contributed by atoms with Crippen molar-refractivity contribution in [3.8, 4) is 0 Å². The molecule has 0 spiro atoms. The maximum absolute atomic E-state index is 14.3. The Hall–Kier alpha value is -2.53. The molecule has 2 aliphatic rings. The van der Waals surface area contributed by atoms with Crippen molar-refractivity contribution in [2.75, 3.05) is 13.1 Å². The predicted molar refractivity (Wildman–Crippen MR) is 96.3 cm³/mol. The number of nitrogens with zero attached hydrogens (tertiary/aromatic N) is 1. The van der Waals surface area contributed by atoms with Gasteiger partial charge in [-0.25, -0.2) is 8.78 Å². The Morgan fingerprint density at radius 3 is 2.65 bits per heavy atom. The van der Waals surface area contributed by atoms with Crippen LogP contribution in [0.3, 0.4) is 0 Å². The van der Waals surface area contributed by atoms with E-state index in [4.69, 9.17) is 0 Å². The summed E-state index contributed by atoms with van der Waals surface area (Å²) in [6.07, 6.45) is 3.65. The molecule has 2 aromatic carbocycles. The zero-order valence-electron chi connectivity index (χ0n) is 14.3. The van der Waals surface area contributed by atoms with Crippen LogP contribution < -0.4 is 5.32 Å². The second-order valence-corrected chi connectivity index (χ2v) is 6.79. The van der Waals surface area contributed by atoms with Crippen molar-refractivity contribution in [1.29, 1.82) is 0 Å². The molecule has 0 saturated carbocycles. The molecule has 2 atom stereocenters. The molecule has 2 heterocycles. The fraction of sp³-hybridized carbons (Fsp3) is 0.286. The van der Waals surface area contributed by atoms with Crippen LogP contribution in [0.4, 0.5) is 8.78 Å². The minimum atomic E-state index is -0.485. The molecular formula is C21H20F2N2O. The summed E-state index contributed by atoms with van der Waals surface area (Å²) in [4.78, 5) is 14.8. The highest BCUT2D eigenvalue weighted by Gasteiger charge is 2.35. The zero-order chi connectivity index (χ0) is 18.1. The van der Waals surface area contributed by atoms with E-state index in [0.29, 0.717) is 5.57 Å². The van der Waals surface area contributed by atoms with Gasteiger partial charge in [0.15, 0.2) is 0 Å². The number of hydrogen-bond acceptors (Lipinski definition) is 2. The summed E-state index contributed by atoms with van der Waals surface area (Å²) in [5.74, 6) is -0.946. The Morgan fingerprint density at radius 1 is 1.12 bits per heavy atom. The van der Waals surface area contributed by atoms with Gasteiger partial charge >= 0.3 is 0 Å². The molecule has 5 heteroatoms. The number of carbonyl (C=O) groups excluding carboxylic acids is 1. The van der Waals surface area contributed by atoms with E-state index in [2.05, 4.69) is 5.32 Å². The largest absolute Gasteiger partial charge is 0.326 e. The highest BCUT2D eigenvalue weighted by molar-refractivity contribution is 5.87. The fourth-order valence-corrected chi connectivity index (χ4v) is 3.77. The number of amides is 1. The molecule has 0 radical (unpaired) electrons. The fourth-order valence-electron chi connectivity index (χ4n) is 3.77. The molecule has 26 heavy (non-hydrogen) atoms. The van der Waals surface area contributed by atoms with Crippen LogP contribution in [-0.4, -0.2) is 29.9 Å². The highest BCUT2D eigenvalue weighted by Crippen LogP contribution is 2.36. The Kier molecular flexibility index (Phi) is 4.55. The van der Waals surface area contributed by atoms with Gasteiger partial charge in [-0.15, -0.1) is 0 Å². The molecule has 4 rings (SSSR count). The van der Waals surface area contributed by atoms with E-state index in [0.717, 1.165) is 37.1 Å². The predicted octanol–water partition coefficient (Wildman–Crippen LogP) is 3.68. The quantitative estimate of drug-likeness (QED) is 0.912. The molecule has 0 aliphatic carbocycles. The maximum Gasteiger partial charge on any atom is 0.240 e. The third-order valence-electron chi connectivity index (χ3n) is 5.09. The number of carbonyl (C=O) groups is 1. The summed E-state index contributed by atoms with van der Waals surface area (Å²) in [5.41, 5.74) is 1.83. The smallest absolute Gasteiger partial charge is 0.240 e. The molecule has 1 saturated heterocycles. The normalized spacial score (nSPS) is 22.5. The van der Waals surface area contributed by atoms with Gasteiger partial charge in [0.2, 0.25) is 5.91 Å². The second kappa shape index (κ2) is 7.00. The molecule has 3 nitrogen and oxygen atoms in total. The van der Waals surface area contributed by atoms with Gasteiger partial charge in [-0.2, -0.15) is 0 Å². The first kappa shape index (κ1) is 16.9. The summed E-state index contributed by atoms with van der Waals surface area (Å²) >= 11 is 0. The minimum absolute atomic E-state index is 0.0133. The average molecular weight is 354 g/mol. The lowest BCUT2D eigenvalue weighted by molar-refractivity contribution is -0.133. The molecule has 1 unspecified atom stereocenters. The Labute approximate surface area is 151 Å². The van der Waals surface area contributed by atoms with Crippen molar-refractivity contribution in [1.82, 2.24) is 10.2 Å². The third kappa shape index (κ3) is 3.15. The molecule has 0 aromatic heterocycles. The summed E-state index contributed by atoms with van der Waals surface area (Å²) in [6, 6.07) is 12.6. The zero-order valence-corrected chi connectivity index (χ0v) is 14.3. The van der Waals surface area contributed by atoms with Crippen LogP contribution in [0.25, 0.3) is 5.57 Å². The van der Waals surface area contributed by atoms with Gasteiger partial charge in [0, 0.05) is 12.1 Å². The van der Waals surface area contributed by atoms with Gasteiger partial charge in [-0.1, -0.05) is 36.4 Å². The van der Waals surface area contributed by atoms with E-state index in [9.17, 15) is 13.6 Å². The van der Waals surface area contributed by atoms with E-state index in [1.54, 1.807) is 4.90 Å². The second-order valence-electron chi connectivity index (χ2n) is 6.79. The first-order valence-corrected chi connectivity index (χ1v) is 8.88. The van der Waals surface area contributed by atoms with E-state index >= 15 is 0 Å². The lowest BCUT2D eigenvalue weighted by atomic mass is 10.0. The molecular weight excluding hydrogens is 334 g/mol. The first-order valence-electron chi connectivity index (χ1n) is 8.88. The van der Waals surface area contributed by atoms with Gasteiger partial charge < -0.3 is 10.2 Å². The van der Waals surface area contributed by atoms with Gasteiger partial charge in [0.25, 0.3) is 0 Å². The average Bonchev–Trinajstić information content (AvgIpc) is 3.34. The maximum atomic E-state index is 14.3. The number of benzene rings is 2. The summed E-state index contributed by atoms with van der Waals surface area (Å²) < 4.78 is 27.9. The van der Waals surface area contributed by atoms with Crippen molar-refractivity contribution >= 4 is 11.5 Å². The molecule has 1 amide bonds. The van der Waals surface area contributed by atoms with E-state index in [1.165, 1.54) is 6.07 Å². The van der Waals surface area contributed by atoms with Gasteiger partial charge in [-0.3, -0.25) is 4.79 Å². The van der Waals surface area contributed by atoms with Gasteiger partial charge in [0.05, 0.1) is 12.1 Å². The SMILES string of the molecule is O=C([C@@H]1CCCN1)N1CC(c2cc(F)ccc2F)=CC1c1ccccc1. The van der Waals surface area contributed by atoms with E-state index in [1.807, 2.05) is 36.4 Å². The topological polar surface area (TPSA) is 32.3 Å². The Bertz CT molecular complexity index is 844. The van der Waals surface area contributed by atoms with Crippen molar-refractivity contribution in [3.63, 3.8) is 0 Å². The number of halogens is 2. The van der Waals surface area contributed by atoms with Crippen molar-refractivity contribution in [2.45, 2.75) is 24.9 Å². The Morgan fingerprint density at radius 2 is 1.92 bits per heavy atom. The van der Waals surface area contributed by atoms with Crippen LogP contribution in [0.2, 0.25) is 0 Å². The minimum Gasteiger partial charge on any atom is -0.326 e. The van der Waals surface area contributed by atoms with E-state index < -0.39 is 11.6 Å². The van der Waals surface area contributed by atoms with Crippen molar-refractivity contribution < 1.29 is 13.6 Å². The van der Waals surface area contributed by atoms with Gasteiger partial charge in [-0.05, 0) is 48.7 Å². The Balaban J connectivity index is 1.71. The number of hydrogen-bond donors (Lipinski definition) is 1. The lowest BCUT2D eigenvalue weighted by Gasteiger charge is -2.28. The molecule has 2 aromatic rings. The van der Waals surface area contributed by atoms with Crippen LogP contribution in [0.5, 0.6) is 0 Å². The van der Waals surface area contributed by atoms with Gasteiger partial charge in [0.1, 0.15) is 11.6 Å². The summed E-state index contributed by atoms with van der Waals surface area (Å²) in [6.45, 7) is 1.11. The molecule has 134 valence electrons. The van der Waals surface area contributed by atoms with Crippen LogP contribution in [-0.2, 0) is 4.79 Å². The standard InChI is InChI=1S/C21H20F2N2O/c22-16-8-9-18(23)17(12-16)15-11-20(14-5-2-1-3-6-14)25(13-15)21(26)19-7-4-10-24-19/h1-3,5-6,8-9,11-12,19-20,24H,4,7,10,13H2/t19-,20?/m0/s1. The number of rotatable bonds is 3. The van der Waals surface area contributed by atoms with Crippen LogP contribution in [0.1, 0.15) is 30.0 Å². The lowest BCUT2D eigenvalue weighted by Crippen LogP contribution is -2.43. The first-order chi connectivity index (χ1) is 12.6. The van der Waals surface area contributed by atoms with Crippen LogP contribution in [0, 0.1) is 11.6 Å². The molecule has 2 aliphatic heterocycles.